The van der Waals surface area contributed by atoms with Crippen molar-refractivity contribution < 1.29 is 66.8 Å². The number of rotatable bonds is 23. The van der Waals surface area contributed by atoms with Gasteiger partial charge in [0.05, 0.1) is 17.4 Å². The Morgan fingerprint density at radius 2 is 1.36 bits per heavy atom. The predicted molar refractivity (Wildman–Crippen MR) is 232 cm³/mol. The zero-order valence-corrected chi connectivity index (χ0v) is 38.1. The van der Waals surface area contributed by atoms with Crippen LogP contribution in [0.2, 0.25) is 0 Å². The summed E-state index contributed by atoms with van der Waals surface area (Å²) in [5, 5.41) is 18.7. The number of nitrogens with one attached hydrogen (secondary N) is 3. The van der Waals surface area contributed by atoms with Crippen molar-refractivity contribution in [3.63, 3.8) is 0 Å². The van der Waals surface area contributed by atoms with E-state index in [0.717, 1.165) is 4.58 Å². The third-order valence-electron chi connectivity index (χ3n) is 9.13. The summed E-state index contributed by atoms with van der Waals surface area (Å²) in [4.78, 5) is 114. The molecule has 0 saturated heterocycles. The predicted octanol–water partition coefficient (Wildman–Crippen LogP) is 5.31. The van der Waals surface area contributed by atoms with E-state index in [9.17, 15) is 48.5 Å². The van der Waals surface area contributed by atoms with Gasteiger partial charge in [-0.1, -0.05) is 38.1 Å². The van der Waals surface area contributed by atoms with E-state index < -0.39 is 81.6 Å². The zero-order valence-electron chi connectivity index (χ0n) is 38.1. The third kappa shape index (κ3) is 21.0. The zero-order chi connectivity index (χ0) is 48.4. The van der Waals surface area contributed by atoms with Gasteiger partial charge < -0.3 is 34.9 Å². The van der Waals surface area contributed by atoms with E-state index in [-0.39, 0.29) is 75.4 Å². The van der Waals surface area contributed by atoms with Crippen LogP contribution in [-0.2, 0) is 56.0 Å². The molecule has 350 valence electrons. The average Bonchev–Trinajstić information content (AvgIpc) is 3.18. The molecule has 19 nitrogen and oxygen atoms in total. The summed E-state index contributed by atoms with van der Waals surface area (Å²) in [5.74, 6) is -4.54. The molecule has 3 atom stereocenters. The van der Waals surface area contributed by atoms with Gasteiger partial charge in [0.15, 0.2) is 11.6 Å². The molecule has 0 saturated carbocycles. The molecule has 0 aliphatic carbocycles. The maximum atomic E-state index is 14.0. The van der Waals surface area contributed by atoms with E-state index in [1.807, 2.05) is 0 Å². The number of carbonyl (C=O) groups excluding carboxylic acids is 8. The number of Topliss-reactive ketones (excluding diaryl/α,β-unsaturated/α-hetero) is 2. The molecule has 19 heteroatoms. The van der Waals surface area contributed by atoms with Crippen LogP contribution in [0, 0.1) is 22.0 Å². The summed E-state index contributed by atoms with van der Waals surface area (Å²) in [6, 6.07) is 8.82. The van der Waals surface area contributed by atoms with Gasteiger partial charge in [0.25, 0.3) is 5.69 Å². The van der Waals surface area contributed by atoms with Crippen molar-refractivity contribution in [1.29, 1.82) is 0 Å². The van der Waals surface area contributed by atoms with E-state index in [1.54, 1.807) is 79.7 Å². The highest BCUT2D eigenvalue weighted by Crippen LogP contribution is 2.21. The standard InChI is InChI=1S/C45H61N5O14/c1-28(2)33(25-37(52)34(22-23-40(55)63-44(3,4)5)47-38(53)12-11-13-39(54)49(9)10)41(56)48-35(26-46-42(57)64-45(6,7)8)36(51)24-29-14-16-30(17-15-29)27-61-43(58)62-32-20-18-31(19-21-32)50(59)60/h14-21,28,33-35H,9,11-13,22-27H2,1-8,10H3,(H2-,46,47,48,53,56,57)/p+1/t33-,34-,35-/m0/s1. The van der Waals surface area contributed by atoms with Gasteiger partial charge in [-0.15, -0.1) is 0 Å². The molecule has 0 aliphatic rings. The number of non-ortho nitro benzene ring substituents is 1. The molecule has 0 unspecified atom stereocenters. The van der Waals surface area contributed by atoms with Crippen LogP contribution in [0.4, 0.5) is 15.3 Å². The van der Waals surface area contributed by atoms with Crippen molar-refractivity contribution in [1.82, 2.24) is 16.0 Å². The molecular formula is C45H62N5O14+. The fraction of sp³-hybridized carbons (Fsp3) is 0.533. The highest BCUT2D eigenvalue weighted by atomic mass is 16.7. The quantitative estimate of drug-likeness (QED) is 0.0243. The third-order valence-corrected chi connectivity index (χ3v) is 9.13. The Morgan fingerprint density at radius 3 is 1.91 bits per heavy atom. The number of ether oxygens (including phenoxy) is 4. The fourth-order valence-corrected chi connectivity index (χ4v) is 5.82. The van der Waals surface area contributed by atoms with Gasteiger partial charge in [-0.2, -0.15) is 4.58 Å². The van der Waals surface area contributed by atoms with Crippen LogP contribution in [0.1, 0.15) is 105 Å². The lowest BCUT2D eigenvalue weighted by molar-refractivity contribution is -0.410. The van der Waals surface area contributed by atoms with Gasteiger partial charge >= 0.3 is 24.1 Å². The molecule has 0 aliphatic heterocycles. The number of ketones is 2. The van der Waals surface area contributed by atoms with Gasteiger partial charge in [-0.3, -0.25) is 34.1 Å². The van der Waals surface area contributed by atoms with Crippen molar-refractivity contribution in [2.75, 3.05) is 13.6 Å². The number of hydrogen-bond donors (Lipinski definition) is 3. The number of amides is 4. The van der Waals surface area contributed by atoms with Crippen molar-refractivity contribution in [2.45, 2.75) is 130 Å². The summed E-state index contributed by atoms with van der Waals surface area (Å²) in [6.45, 7) is 16.4. The first kappa shape index (κ1) is 53.6. The first-order valence-electron chi connectivity index (χ1n) is 20.8. The van der Waals surface area contributed by atoms with Crippen LogP contribution >= 0.6 is 0 Å². The molecule has 0 fully saturated rings. The molecule has 64 heavy (non-hydrogen) atoms. The lowest BCUT2D eigenvalue weighted by atomic mass is 9.86. The first-order chi connectivity index (χ1) is 29.7. The van der Waals surface area contributed by atoms with E-state index in [0.29, 0.717) is 11.1 Å². The topological polar surface area (TPSA) is 256 Å². The molecule has 0 heterocycles. The van der Waals surface area contributed by atoms with Crippen LogP contribution in [0.5, 0.6) is 5.75 Å². The smallest absolute Gasteiger partial charge is 0.460 e. The Balaban J connectivity index is 2.22. The summed E-state index contributed by atoms with van der Waals surface area (Å²) in [7, 11) is 1.49. The van der Waals surface area contributed by atoms with Crippen LogP contribution in [0.25, 0.3) is 0 Å². The van der Waals surface area contributed by atoms with Gasteiger partial charge in [0.2, 0.25) is 11.8 Å². The van der Waals surface area contributed by atoms with Crippen LogP contribution in [-0.4, -0.2) is 101 Å². The van der Waals surface area contributed by atoms with Gasteiger partial charge in [-0.05, 0) is 83.6 Å². The number of hydrogen-bond acceptors (Lipinski definition) is 14. The number of nitro groups is 1. The van der Waals surface area contributed by atoms with E-state index in [4.69, 9.17) is 18.9 Å². The first-order valence-corrected chi connectivity index (χ1v) is 20.8. The van der Waals surface area contributed by atoms with Gasteiger partial charge in [0, 0.05) is 50.3 Å². The minimum atomic E-state index is -1.28. The van der Waals surface area contributed by atoms with Crippen molar-refractivity contribution in [3.8, 4) is 5.75 Å². The Morgan fingerprint density at radius 1 is 0.766 bits per heavy atom. The van der Waals surface area contributed by atoms with Crippen LogP contribution in [0.15, 0.2) is 48.5 Å². The number of benzene rings is 2. The summed E-state index contributed by atoms with van der Waals surface area (Å²) < 4.78 is 22.0. The summed E-state index contributed by atoms with van der Waals surface area (Å²) in [6.07, 6.45) is -2.65. The lowest BCUT2D eigenvalue weighted by Gasteiger charge is -2.26. The molecule has 0 aromatic heterocycles. The Hall–Kier alpha value is -6.53. The molecular weight excluding hydrogens is 835 g/mol. The number of nitro benzene ring substituents is 1. The molecule has 2 aromatic rings. The molecule has 4 amide bonds. The Kier molecular flexibility index (Phi) is 20.9. The van der Waals surface area contributed by atoms with E-state index in [1.165, 1.54) is 31.3 Å². The SMILES string of the molecule is C=[N+](C)C(=O)CCCC(=O)N[C@@H](CCC(=O)OC(C)(C)C)C(=O)C[C@H](C(=O)N[C@@H](CNC(=O)OC(C)(C)C)C(=O)Cc1ccc(COC(=O)Oc2ccc([N+](=O)[O-])cc2)cc1)C(C)C. The highest BCUT2D eigenvalue weighted by molar-refractivity contribution is 5.95. The molecule has 2 rings (SSSR count). The number of nitrogens with zero attached hydrogens (tertiary/aromatic N) is 2. The largest absolute Gasteiger partial charge is 0.514 e. The lowest BCUT2D eigenvalue weighted by Crippen LogP contribution is -2.52. The monoisotopic (exact) mass is 896 g/mol. The second-order valence-corrected chi connectivity index (χ2v) is 17.5. The normalized spacial score (nSPS) is 12.7. The second kappa shape index (κ2) is 24.9. The molecule has 2 aromatic carbocycles. The second-order valence-electron chi connectivity index (χ2n) is 17.5. The van der Waals surface area contributed by atoms with Crippen LogP contribution < -0.4 is 20.7 Å². The number of carbonyl (C=O) groups is 8. The Bertz CT molecular complexity index is 2000. The van der Waals surface area contributed by atoms with Crippen molar-refractivity contribution in [2.24, 2.45) is 11.8 Å². The highest BCUT2D eigenvalue weighted by Gasteiger charge is 2.33. The van der Waals surface area contributed by atoms with E-state index >= 15 is 0 Å². The number of alkyl carbamates (subject to hydrolysis) is 1. The maximum Gasteiger partial charge on any atom is 0.514 e. The molecule has 0 spiro atoms. The summed E-state index contributed by atoms with van der Waals surface area (Å²) >= 11 is 0. The minimum Gasteiger partial charge on any atom is -0.460 e. The molecule has 0 radical (unpaired) electrons. The maximum absolute atomic E-state index is 14.0. The van der Waals surface area contributed by atoms with Gasteiger partial charge in [0.1, 0.15) is 43.4 Å². The average molecular weight is 897 g/mol. The summed E-state index contributed by atoms with van der Waals surface area (Å²) in [5.41, 5.74) is -0.781. The minimum absolute atomic E-state index is 0.0440. The van der Waals surface area contributed by atoms with Crippen molar-refractivity contribution in [3.05, 3.63) is 69.8 Å². The molecule has 0 bridgehead atoms. The van der Waals surface area contributed by atoms with E-state index in [2.05, 4.69) is 22.7 Å². The number of esters is 1. The van der Waals surface area contributed by atoms with Crippen molar-refractivity contribution >= 4 is 59.9 Å². The molecule has 3 N–H and O–H groups in total. The van der Waals surface area contributed by atoms with Gasteiger partial charge in [-0.25, -0.2) is 14.4 Å². The fourth-order valence-electron chi connectivity index (χ4n) is 5.82. The van der Waals surface area contributed by atoms with Crippen LogP contribution in [0.3, 0.4) is 0 Å². The Labute approximate surface area is 373 Å².